The van der Waals surface area contributed by atoms with Gasteiger partial charge in [0.05, 0.1) is 17.7 Å². The third kappa shape index (κ3) is 5.21. The Kier molecular flexibility index (Phi) is 7.53. The minimum absolute atomic E-state index is 0.0918. The Bertz CT molecular complexity index is 479. The number of benzene rings is 1. The van der Waals surface area contributed by atoms with E-state index in [1.165, 1.54) is 0 Å². The van der Waals surface area contributed by atoms with Crippen LogP contribution in [0.2, 0.25) is 0 Å². The molecule has 2 N–H and O–H groups in total. The fourth-order valence-electron chi connectivity index (χ4n) is 1.71. The van der Waals surface area contributed by atoms with E-state index < -0.39 is 6.10 Å². The quantitative estimate of drug-likeness (QED) is 0.748. The number of aliphatic hydroxyl groups is 1. The molecule has 0 aromatic heterocycles. The van der Waals surface area contributed by atoms with Crippen LogP contribution >= 0.6 is 15.9 Å². The molecule has 0 aliphatic rings. The molecule has 0 bridgehead atoms. The highest BCUT2D eigenvalue weighted by Gasteiger charge is 2.19. The largest absolute Gasteiger partial charge is 0.490 e. The SMILES string of the molecule is CCCNC(=O)C(C)Oc1c(Br)cc(CO)cc1OCC. The summed E-state index contributed by atoms with van der Waals surface area (Å²) in [7, 11) is 0. The molecule has 0 saturated carbocycles. The van der Waals surface area contributed by atoms with Gasteiger partial charge in [-0.25, -0.2) is 0 Å². The molecule has 0 aliphatic carbocycles. The zero-order chi connectivity index (χ0) is 15.8. The maximum atomic E-state index is 11.9. The highest BCUT2D eigenvalue weighted by molar-refractivity contribution is 9.10. The van der Waals surface area contributed by atoms with Crippen LogP contribution in [0.4, 0.5) is 0 Å². The maximum Gasteiger partial charge on any atom is 0.260 e. The second kappa shape index (κ2) is 8.89. The summed E-state index contributed by atoms with van der Waals surface area (Å²) in [5.74, 6) is 0.802. The second-order valence-corrected chi connectivity index (χ2v) is 5.40. The van der Waals surface area contributed by atoms with Gasteiger partial charge >= 0.3 is 0 Å². The van der Waals surface area contributed by atoms with Gasteiger partial charge in [-0.1, -0.05) is 6.92 Å². The first-order valence-electron chi connectivity index (χ1n) is 7.03. The van der Waals surface area contributed by atoms with E-state index in [1.54, 1.807) is 19.1 Å². The normalized spacial score (nSPS) is 11.9. The molecule has 1 unspecified atom stereocenters. The third-order valence-electron chi connectivity index (χ3n) is 2.76. The molecule has 0 radical (unpaired) electrons. The Morgan fingerprint density at radius 2 is 2.14 bits per heavy atom. The zero-order valence-corrected chi connectivity index (χ0v) is 14.2. The van der Waals surface area contributed by atoms with Crippen molar-refractivity contribution in [2.75, 3.05) is 13.2 Å². The van der Waals surface area contributed by atoms with Crippen molar-refractivity contribution in [1.29, 1.82) is 0 Å². The lowest BCUT2D eigenvalue weighted by Crippen LogP contribution is -2.36. The number of nitrogens with one attached hydrogen (secondary N) is 1. The number of hydrogen-bond donors (Lipinski definition) is 2. The van der Waals surface area contributed by atoms with Crippen LogP contribution < -0.4 is 14.8 Å². The number of halogens is 1. The average molecular weight is 360 g/mol. The molecule has 0 saturated heterocycles. The van der Waals surface area contributed by atoms with Crippen molar-refractivity contribution >= 4 is 21.8 Å². The number of aliphatic hydroxyl groups excluding tert-OH is 1. The fraction of sp³-hybridized carbons (Fsp3) is 0.533. The van der Waals surface area contributed by atoms with Gasteiger partial charge in [0.25, 0.3) is 5.91 Å². The first-order valence-corrected chi connectivity index (χ1v) is 7.83. The molecule has 0 fully saturated rings. The van der Waals surface area contributed by atoms with Gasteiger partial charge < -0.3 is 19.9 Å². The van der Waals surface area contributed by atoms with Crippen molar-refractivity contribution in [3.8, 4) is 11.5 Å². The third-order valence-corrected chi connectivity index (χ3v) is 3.35. The molecule has 21 heavy (non-hydrogen) atoms. The van der Waals surface area contributed by atoms with E-state index in [0.29, 0.717) is 34.7 Å². The summed E-state index contributed by atoms with van der Waals surface area (Å²) in [4.78, 5) is 11.9. The molecule has 118 valence electrons. The molecule has 1 atom stereocenters. The summed E-state index contributed by atoms with van der Waals surface area (Å²) in [5.41, 5.74) is 0.709. The van der Waals surface area contributed by atoms with Crippen molar-refractivity contribution in [2.45, 2.75) is 39.9 Å². The van der Waals surface area contributed by atoms with Crippen molar-refractivity contribution in [3.05, 3.63) is 22.2 Å². The average Bonchev–Trinajstić information content (AvgIpc) is 2.47. The molecule has 1 aromatic rings. The van der Waals surface area contributed by atoms with E-state index in [4.69, 9.17) is 9.47 Å². The van der Waals surface area contributed by atoms with Crippen LogP contribution in [0.25, 0.3) is 0 Å². The molecule has 5 nitrogen and oxygen atoms in total. The molecule has 1 amide bonds. The van der Waals surface area contributed by atoms with Crippen LogP contribution in [0.3, 0.4) is 0 Å². The summed E-state index contributed by atoms with van der Waals surface area (Å²) < 4.78 is 11.9. The molecule has 0 heterocycles. The topological polar surface area (TPSA) is 67.8 Å². The number of ether oxygens (including phenoxy) is 2. The Morgan fingerprint density at radius 3 is 2.71 bits per heavy atom. The Labute approximate surface area is 133 Å². The van der Waals surface area contributed by atoms with E-state index in [9.17, 15) is 9.90 Å². The molecule has 1 rings (SSSR count). The molecular weight excluding hydrogens is 338 g/mol. The van der Waals surface area contributed by atoms with Gasteiger partial charge in [-0.2, -0.15) is 0 Å². The van der Waals surface area contributed by atoms with Gasteiger partial charge in [-0.3, -0.25) is 4.79 Å². The van der Waals surface area contributed by atoms with Crippen LogP contribution in [0, 0.1) is 0 Å². The minimum Gasteiger partial charge on any atom is -0.490 e. The van der Waals surface area contributed by atoms with Crippen LogP contribution in [-0.4, -0.2) is 30.3 Å². The van der Waals surface area contributed by atoms with E-state index in [-0.39, 0.29) is 12.5 Å². The van der Waals surface area contributed by atoms with Crippen molar-refractivity contribution < 1.29 is 19.4 Å². The van der Waals surface area contributed by atoms with Crippen molar-refractivity contribution in [2.24, 2.45) is 0 Å². The van der Waals surface area contributed by atoms with Crippen molar-refractivity contribution in [3.63, 3.8) is 0 Å². The van der Waals surface area contributed by atoms with Crippen LogP contribution in [0.5, 0.6) is 11.5 Å². The summed E-state index contributed by atoms with van der Waals surface area (Å²) in [6, 6.07) is 3.45. The highest BCUT2D eigenvalue weighted by Crippen LogP contribution is 2.37. The van der Waals surface area contributed by atoms with Gasteiger partial charge in [-0.05, 0) is 53.9 Å². The fourth-order valence-corrected chi connectivity index (χ4v) is 2.30. The first-order chi connectivity index (χ1) is 10.0. The number of carbonyl (C=O) groups is 1. The lowest BCUT2D eigenvalue weighted by molar-refractivity contribution is -0.127. The standard InChI is InChI=1S/C15H22BrNO4/c1-4-6-17-15(19)10(3)21-14-12(16)7-11(9-18)8-13(14)20-5-2/h7-8,10,18H,4-6,9H2,1-3H3,(H,17,19). The van der Waals surface area contributed by atoms with Gasteiger partial charge in [-0.15, -0.1) is 0 Å². The van der Waals surface area contributed by atoms with Crippen molar-refractivity contribution in [1.82, 2.24) is 5.32 Å². The monoisotopic (exact) mass is 359 g/mol. The van der Waals surface area contributed by atoms with Gasteiger partial charge in [0.1, 0.15) is 0 Å². The smallest absolute Gasteiger partial charge is 0.260 e. The highest BCUT2D eigenvalue weighted by atomic mass is 79.9. The molecular formula is C15H22BrNO4. The van der Waals surface area contributed by atoms with Gasteiger partial charge in [0.2, 0.25) is 0 Å². The summed E-state index contributed by atoms with van der Waals surface area (Å²) in [5, 5.41) is 12.0. The van der Waals surface area contributed by atoms with E-state index in [1.807, 2.05) is 13.8 Å². The van der Waals surface area contributed by atoms with Crippen LogP contribution in [-0.2, 0) is 11.4 Å². The molecule has 0 aliphatic heterocycles. The number of amides is 1. The Balaban J connectivity index is 2.92. The van der Waals surface area contributed by atoms with E-state index in [2.05, 4.69) is 21.2 Å². The number of rotatable bonds is 8. The van der Waals surface area contributed by atoms with Crippen LogP contribution in [0.1, 0.15) is 32.8 Å². The Morgan fingerprint density at radius 1 is 1.43 bits per heavy atom. The van der Waals surface area contributed by atoms with Crippen LogP contribution in [0.15, 0.2) is 16.6 Å². The minimum atomic E-state index is -0.632. The van der Waals surface area contributed by atoms with E-state index >= 15 is 0 Å². The van der Waals surface area contributed by atoms with E-state index in [0.717, 1.165) is 6.42 Å². The first kappa shape index (κ1) is 17.8. The number of carbonyl (C=O) groups excluding carboxylic acids is 1. The molecule has 6 heteroatoms. The predicted molar refractivity (Wildman–Crippen MR) is 84.6 cm³/mol. The number of hydrogen-bond acceptors (Lipinski definition) is 4. The Hall–Kier alpha value is -1.27. The second-order valence-electron chi connectivity index (χ2n) is 4.55. The predicted octanol–water partition coefficient (Wildman–Crippen LogP) is 2.63. The van der Waals surface area contributed by atoms with Gasteiger partial charge in [0, 0.05) is 6.54 Å². The lowest BCUT2D eigenvalue weighted by Gasteiger charge is -2.19. The molecule has 1 aromatic carbocycles. The zero-order valence-electron chi connectivity index (χ0n) is 12.6. The summed E-state index contributed by atoms with van der Waals surface area (Å²) in [6.07, 6.45) is 0.240. The maximum absolute atomic E-state index is 11.9. The molecule has 0 spiro atoms. The summed E-state index contributed by atoms with van der Waals surface area (Å²) >= 11 is 3.39. The summed E-state index contributed by atoms with van der Waals surface area (Å²) in [6.45, 7) is 6.53. The lowest BCUT2D eigenvalue weighted by atomic mass is 10.2. The van der Waals surface area contributed by atoms with Gasteiger partial charge in [0.15, 0.2) is 17.6 Å².